The van der Waals surface area contributed by atoms with Crippen LogP contribution < -0.4 is 0 Å². The molecule has 0 saturated heterocycles. The van der Waals surface area contributed by atoms with Crippen molar-refractivity contribution in [1.82, 2.24) is 14.8 Å². The molecule has 3 aromatic rings. The zero-order valence-corrected chi connectivity index (χ0v) is 16.1. The summed E-state index contributed by atoms with van der Waals surface area (Å²) in [7, 11) is 1.70. The molecular formula is C19H20ClN3OS. The van der Waals surface area contributed by atoms with Crippen LogP contribution in [0.25, 0.3) is 17.1 Å². The largest absolute Gasteiger partial charge is 0.384 e. The Balaban J connectivity index is 2.14. The van der Waals surface area contributed by atoms with Crippen LogP contribution in [0.5, 0.6) is 0 Å². The molecule has 0 spiro atoms. The van der Waals surface area contributed by atoms with Crippen LogP contribution in [-0.4, -0.2) is 34.2 Å². The molecule has 0 fully saturated rings. The molecule has 25 heavy (non-hydrogen) atoms. The van der Waals surface area contributed by atoms with Crippen LogP contribution in [0.15, 0.2) is 47.6 Å². The molecule has 4 nitrogen and oxygen atoms in total. The summed E-state index contributed by atoms with van der Waals surface area (Å²) < 4.78 is 7.27. The van der Waals surface area contributed by atoms with Crippen molar-refractivity contribution in [3.8, 4) is 17.1 Å². The predicted molar refractivity (Wildman–Crippen MR) is 104 cm³/mol. The lowest BCUT2D eigenvalue weighted by Crippen LogP contribution is -2.03. The van der Waals surface area contributed by atoms with Crippen LogP contribution in [0.2, 0.25) is 5.02 Å². The summed E-state index contributed by atoms with van der Waals surface area (Å²) in [6.07, 6.45) is 0. The number of methoxy groups -OCH3 is 1. The quantitative estimate of drug-likeness (QED) is 0.453. The van der Waals surface area contributed by atoms with Crippen LogP contribution in [-0.2, 0) is 4.74 Å². The Morgan fingerprint density at radius 1 is 1.12 bits per heavy atom. The molecule has 0 N–H and O–H groups in total. The van der Waals surface area contributed by atoms with Crippen molar-refractivity contribution < 1.29 is 4.74 Å². The van der Waals surface area contributed by atoms with E-state index in [1.807, 2.05) is 24.3 Å². The highest BCUT2D eigenvalue weighted by molar-refractivity contribution is 7.99. The van der Waals surface area contributed by atoms with Crippen LogP contribution in [0.1, 0.15) is 11.1 Å². The van der Waals surface area contributed by atoms with Gasteiger partial charge in [0.05, 0.1) is 12.3 Å². The van der Waals surface area contributed by atoms with Gasteiger partial charge in [-0.2, -0.15) is 0 Å². The topological polar surface area (TPSA) is 39.9 Å². The zero-order valence-electron chi connectivity index (χ0n) is 14.5. The number of thioether (sulfide) groups is 1. The summed E-state index contributed by atoms with van der Waals surface area (Å²) in [5.74, 6) is 1.60. The van der Waals surface area contributed by atoms with Crippen molar-refractivity contribution in [3.63, 3.8) is 0 Å². The van der Waals surface area contributed by atoms with Gasteiger partial charge in [0.2, 0.25) is 0 Å². The first-order chi connectivity index (χ1) is 12.1. The third-order valence-electron chi connectivity index (χ3n) is 3.84. The maximum atomic E-state index is 6.18. The van der Waals surface area contributed by atoms with E-state index in [0.717, 1.165) is 28.0 Å². The summed E-state index contributed by atoms with van der Waals surface area (Å²) in [5, 5.41) is 10.4. The Morgan fingerprint density at radius 3 is 2.72 bits per heavy atom. The second-order valence-electron chi connectivity index (χ2n) is 5.78. The molecule has 0 saturated carbocycles. The minimum Gasteiger partial charge on any atom is -0.384 e. The summed E-state index contributed by atoms with van der Waals surface area (Å²) >= 11 is 7.81. The van der Waals surface area contributed by atoms with Gasteiger partial charge in [-0.25, -0.2) is 0 Å². The molecule has 6 heteroatoms. The monoisotopic (exact) mass is 373 g/mol. The molecule has 130 valence electrons. The normalized spacial score (nSPS) is 11.0. The molecule has 0 bridgehead atoms. The molecular weight excluding hydrogens is 354 g/mol. The van der Waals surface area contributed by atoms with Gasteiger partial charge in [0.15, 0.2) is 11.0 Å². The smallest absolute Gasteiger partial charge is 0.196 e. The third-order valence-corrected chi connectivity index (χ3v) is 4.97. The van der Waals surface area contributed by atoms with E-state index < -0.39 is 0 Å². The van der Waals surface area contributed by atoms with E-state index in [1.165, 1.54) is 11.1 Å². The lowest BCUT2D eigenvalue weighted by molar-refractivity contribution is 0.218. The van der Waals surface area contributed by atoms with E-state index in [9.17, 15) is 0 Å². The molecule has 3 rings (SSSR count). The van der Waals surface area contributed by atoms with Crippen molar-refractivity contribution in [2.45, 2.75) is 19.0 Å². The van der Waals surface area contributed by atoms with Gasteiger partial charge in [-0.3, -0.25) is 4.57 Å². The molecule has 0 aliphatic carbocycles. The minimum absolute atomic E-state index is 0.664. The zero-order chi connectivity index (χ0) is 17.8. The van der Waals surface area contributed by atoms with E-state index in [2.05, 4.69) is 46.8 Å². The molecule has 0 atom stereocenters. The Kier molecular flexibility index (Phi) is 5.78. The number of hydrogen-bond donors (Lipinski definition) is 0. The summed E-state index contributed by atoms with van der Waals surface area (Å²) in [6.45, 7) is 4.85. The second kappa shape index (κ2) is 8.04. The first-order valence-electron chi connectivity index (χ1n) is 8.01. The van der Waals surface area contributed by atoms with Crippen molar-refractivity contribution in [3.05, 3.63) is 58.6 Å². The fraction of sp³-hybridized carbons (Fsp3) is 0.263. The number of benzene rings is 2. The first-order valence-corrected chi connectivity index (χ1v) is 9.37. The fourth-order valence-corrected chi connectivity index (χ4v) is 3.61. The Bertz CT molecular complexity index is 879. The minimum atomic E-state index is 0.664. The van der Waals surface area contributed by atoms with Crippen LogP contribution in [0.4, 0.5) is 0 Å². The lowest BCUT2D eigenvalue weighted by Gasteiger charge is -2.14. The van der Waals surface area contributed by atoms with E-state index in [-0.39, 0.29) is 0 Å². The van der Waals surface area contributed by atoms with Crippen molar-refractivity contribution in [1.29, 1.82) is 0 Å². The summed E-state index contributed by atoms with van der Waals surface area (Å²) in [4.78, 5) is 0. The van der Waals surface area contributed by atoms with Gasteiger partial charge in [-0.05, 0) is 43.2 Å². The first kappa shape index (κ1) is 18.0. The SMILES string of the molecule is COCCSc1nnc(-c2cccc(Cl)c2)n1-c1cc(C)ccc1C. The van der Waals surface area contributed by atoms with Gasteiger partial charge in [-0.15, -0.1) is 10.2 Å². The maximum absolute atomic E-state index is 6.18. The molecule has 2 aromatic carbocycles. The van der Waals surface area contributed by atoms with Gasteiger partial charge in [0.1, 0.15) is 0 Å². The number of nitrogens with zero attached hydrogens (tertiary/aromatic N) is 3. The number of aromatic nitrogens is 3. The average Bonchev–Trinajstić information content (AvgIpc) is 3.01. The number of ether oxygens (including phenoxy) is 1. The highest BCUT2D eigenvalue weighted by atomic mass is 35.5. The van der Waals surface area contributed by atoms with Gasteiger partial charge in [-0.1, -0.05) is 47.6 Å². The Labute approximate surface area is 157 Å². The number of halogens is 1. The van der Waals surface area contributed by atoms with Gasteiger partial charge < -0.3 is 4.74 Å². The molecule has 0 unspecified atom stereocenters. The molecule has 1 aromatic heterocycles. The van der Waals surface area contributed by atoms with Crippen molar-refractivity contribution in [2.75, 3.05) is 19.5 Å². The Morgan fingerprint density at radius 2 is 1.96 bits per heavy atom. The Hall–Kier alpha value is -1.82. The molecule has 0 aliphatic rings. The summed E-state index contributed by atoms with van der Waals surface area (Å²) in [5.41, 5.74) is 4.39. The van der Waals surface area contributed by atoms with Crippen LogP contribution in [0.3, 0.4) is 0 Å². The molecule has 1 heterocycles. The number of aryl methyl sites for hydroxylation is 2. The van der Waals surface area contributed by atoms with Gasteiger partial charge >= 0.3 is 0 Å². The standard InChI is InChI=1S/C19H20ClN3OS/c1-13-7-8-14(2)17(11-13)23-18(15-5-4-6-16(20)12-15)21-22-19(23)25-10-9-24-3/h4-8,11-12H,9-10H2,1-3H3. The average molecular weight is 374 g/mol. The lowest BCUT2D eigenvalue weighted by atomic mass is 10.1. The van der Waals surface area contributed by atoms with Gasteiger partial charge in [0.25, 0.3) is 0 Å². The van der Waals surface area contributed by atoms with E-state index >= 15 is 0 Å². The second-order valence-corrected chi connectivity index (χ2v) is 7.28. The molecule has 0 aliphatic heterocycles. The molecule has 0 radical (unpaired) electrons. The molecule has 0 amide bonds. The van der Waals surface area contributed by atoms with Crippen LogP contribution >= 0.6 is 23.4 Å². The van der Waals surface area contributed by atoms with Gasteiger partial charge in [0, 0.05) is 23.4 Å². The summed E-state index contributed by atoms with van der Waals surface area (Å²) in [6, 6.07) is 14.1. The van der Waals surface area contributed by atoms with Crippen molar-refractivity contribution >= 4 is 23.4 Å². The highest BCUT2D eigenvalue weighted by Gasteiger charge is 2.17. The van der Waals surface area contributed by atoms with Crippen molar-refractivity contribution in [2.24, 2.45) is 0 Å². The fourth-order valence-electron chi connectivity index (χ4n) is 2.57. The van der Waals surface area contributed by atoms with E-state index in [4.69, 9.17) is 16.3 Å². The maximum Gasteiger partial charge on any atom is 0.196 e. The predicted octanol–water partition coefficient (Wildman–Crippen LogP) is 4.94. The highest BCUT2D eigenvalue weighted by Crippen LogP contribution is 2.30. The number of hydrogen-bond acceptors (Lipinski definition) is 4. The third kappa shape index (κ3) is 4.06. The van der Waals surface area contributed by atoms with Crippen LogP contribution in [0, 0.1) is 13.8 Å². The van der Waals surface area contributed by atoms with E-state index in [1.54, 1.807) is 18.9 Å². The van der Waals surface area contributed by atoms with E-state index in [0.29, 0.717) is 11.6 Å². The number of rotatable bonds is 6.